The highest BCUT2D eigenvalue weighted by atomic mass is 16.5. The van der Waals surface area contributed by atoms with Gasteiger partial charge in [-0.2, -0.15) is 5.10 Å². The molecule has 17 heavy (non-hydrogen) atoms. The van der Waals surface area contributed by atoms with Crippen LogP contribution in [0.4, 0.5) is 0 Å². The Morgan fingerprint density at radius 1 is 1.47 bits per heavy atom. The van der Waals surface area contributed by atoms with Gasteiger partial charge < -0.3 is 9.84 Å². The summed E-state index contributed by atoms with van der Waals surface area (Å²) in [6.45, 7) is 0. The lowest BCUT2D eigenvalue weighted by Gasteiger charge is -2.16. The number of ether oxygens (including phenoxy) is 1. The first-order valence-corrected chi connectivity index (χ1v) is 5.65. The van der Waals surface area contributed by atoms with Gasteiger partial charge in [0.05, 0.1) is 6.20 Å². The summed E-state index contributed by atoms with van der Waals surface area (Å²) >= 11 is 0. The molecule has 0 amide bonds. The Morgan fingerprint density at radius 2 is 2.29 bits per heavy atom. The zero-order valence-electron chi connectivity index (χ0n) is 9.58. The minimum Gasteiger partial charge on any atom is -0.487 e. The van der Waals surface area contributed by atoms with Crippen molar-refractivity contribution >= 4 is 0 Å². The number of fused-ring (bicyclic) bond motifs is 1. The third-order valence-electron chi connectivity index (χ3n) is 3.09. The van der Waals surface area contributed by atoms with Gasteiger partial charge in [-0.15, -0.1) is 0 Å². The number of hydrogen-bond donors (Lipinski definition) is 1. The Labute approximate surface area is 99.5 Å². The van der Waals surface area contributed by atoms with E-state index in [0.717, 1.165) is 23.3 Å². The number of hydrogen-bond acceptors (Lipinski definition) is 3. The third kappa shape index (κ3) is 1.80. The number of rotatable bonds is 2. The summed E-state index contributed by atoms with van der Waals surface area (Å²) in [5, 5.41) is 14.3. The highest BCUT2D eigenvalue weighted by Gasteiger charge is 2.30. The molecule has 1 aliphatic heterocycles. The predicted octanol–water partition coefficient (Wildman–Crippen LogP) is 1.46. The Morgan fingerprint density at radius 3 is 3.00 bits per heavy atom. The zero-order valence-corrected chi connectivity index (χ0v) is 9.58. The first-order chi connectivity index (χ1) is 8.24. The summed E-state index contributed by atoms with van der Waals surface area (Å²) < 4.78 is 7.43. The second-order valence-corrected chi connectivity index (χ2v) is 4.36. The Bertz CT molecular complexity index is 511. The number of benzene rings is 1. The van der Waals surface area contributed by atoms with E-state index in [4.69, 9.17) is 4.74 Å². The lowest BCUT2D eigenvalue weighted by Crippen LogP contribution is -2.22. The molecule has 0 spiro atoms. The summed E-state index contributed by atoms with van der Waals surface area (Å²) in [6.07, 6.45) is 3.40. The van der Waals surface area contributed by atoms with Gasteiger partial charge >= 0.3 is 0 Å². The van der Waals surface area contributed by atoms with Crippen molar-refractivity contribution in [2.24, 2.45) is 7.05 Å². The maximum atomic E-state index is 10.2. The summed E-state index contributed by atoms with van der Waals surface area (Å²) in [4.78, 5) is 0. The van der Waals surface area contributed by atoms with Gasteiger partial charge in [-0.05, 0) is 11.6 Å². The summed E-state index contributed by atoms with van der Waals surface area (Å²) in [5.41, 5.74) is 1.95. The summed E-state index contributed by atoms with van der Waals surface area (Å²) in [5.74, 6) is 0.875. The van der Waals surface area contributed by atoms with Crippen molar-refractivity contribution in [3.8, 4) is 5.75 Å². The van der Waals surface area contributed by atoms with Crippen molar-refractivity contribution in [3.05, 3.63) is 47.8 Å². The molecule has 1 aliphatic rings. The molecule has 2 heterocycles. The molecule has 2 atom stereocenters. The van der Waals surface area contributed by atoms with E-state index in [9.17, 15) is 5.11 Å². The average Bonchev–Trinajstić information content (AvgIpc) is 2.93. The largest absolute Gasteiger partial charge is 0.487 e. The molecule has 2 unspecified atom stereocenters. The van der Waals surface area contributed by atoms with E-state index in [2.05, 4.69) is 5.10 Å². The second kappa shape index (κ2) is 3.89. The van der Waals surface area contributed by atoms with Gasteiger partial charge in [-0.25, -0.2) is 0 Å². The molecule has 88 valence electrons. The molecule has 0 bridgehead atoms. The second-order valence-electron chi connectivity index (χ2n) is 4.36. The Kier molecular flexibility index (Phi) is 2.37. The van der Waals surface area contributed by atoms with E-state index in [0.29, 0.717) is 0 Å². The fourth-order valence-electron chi connectivity index (χ4n) is 2.19. The summed E-state index contributed by atoms with van der Waals surface area (Å²) in [7, 11) is 1.83. The van der Waals surface area contributed by atoms with E-state index in [1.165, 1.54) is 0 Å². The van der Waals surface area contributed by atoms with Crippen molar-refractivity contribution in [1.29, 1.82) is 0 Å². The highest BCUT2D eigenvalue weighted by Crippen LogP contribution is 2.33. The van der Waals surface area contributed by atoms with Crippen molar-refractivity contribution in [2.75, 3.05) is 0 Å². The quantitative estimate of drug-likeness (QED) is 0.849. The molecule has 4 heteroatoms. The molecule has 1 aromatic heterocycles. The normalized spacial score (nSPS) is 19.8. The minimum absolute atomic E-state index is 0.211. The number of aliphatic hydroxyl groups is 1. The maximum Gasteiger partial charge on any atom is 0.133 e. The van der Waals surface area contributed by atoms with Crippen LogP contribution >= 0.6 is 0 Å². The van der Waals surface area contributed by atoms with Crippen LogP contribution in [-0.2, 0) is 13.5 Å². The van der Waals surface area contributed by atoms with Gasteiger partial charge in [-0.3, -0.25) is 4.68 Å². The summed E-state index contributed by atoms with van der Waals surface area (Å²) in [6, 6.07) is 7.90. The average molecular weight is 230 g/mol. The monoisotopic (exact) mass is 230 g/mol. The van der Waals surface area contributed by atoms with Crippen molar-refractivity contribution in [2.45, 2.75) is 18.6 Å². The molecular weight excluding hydrogens is 216 g/mol. The lowest BCUT2D eigenvalue weighted by molar-refractivity contribution is 0.0491. The fourth-order valence-corrected chi connectivity index (χ4v) is 2.19. The molecule has 0 aliphatic carbocycles. The highest BCUT2D eigenvalue weighted by molar-refractivity contribution is 5.38. The molecule has 1 aromatic carbocycles. The molecule has 0 saturated carbocycles. The van der Waals surface area contributed by atoms with Gasteiger partial charge in [0.2, 0.25) is 0 Å². The van der Waals surface area contributed by atoms with E-state index >= 15 is 0 Å². The Balaban J connectivity index is 1.80. The van der Waals surface area contributed by atoms with Crippen LogP contribution < -0.4 is 4.74 Å². The number of para-hydroxylation sites is 1. The zero-order chi connectivity index (χ0) is 11.8. The standard InChI is InChI=1S/C13H14N2O2/c1-15-8-10(7-14-15)13(16)12-6-9-4-2-3-5-11(9)17-12/h2-5,7-8,12-13,16H,6H2,1H3. The molecule has 3 rings (SSSR count). The van der Waals surface area contributed by atoms with Crippen molar-refractivity contribution < 1.29 is 9.84 Å². The Hall–Kier alpha value is -1.81. The van der Waals surface area contributed by atoms with E-state index in [1.54, 1.807) is 10.9 Å². The van der Waals surface area contributed by atoms with Gasteiger partial charge in [0.25, 0.3) is 0 Å². The van der Waals surface area contributed by atoms with E-state index in [1.807, 2.05) is 37.5 Å². The van der Waals surface area contributed by atoms with Crippen molar-refractivity contribution in [1.82, 2.24) is 9.78 Å². The molecule has 4 nitrogen and oxygen atoms in total. The number of nitrogens with zero attached hydrogens (tertiary/aromatic N) is 2. The van der Waals surface area contributed by atoms with Gasteiger partial charge in [0.15, 0.2) is 0 Å². The minimum atomic E-state index is -0.629. The van der Waals surface area contributed by atoms with Crippen LogP contribution in [0.5, 0.6) is 5.75 Å². The molecule has 1 N–H and O–H groups in total. The smallest absolute Gasteiger partial charge is 0.133 e. The first-order valence-electron chi connectivity index (χ1n) is 5.65. The molecule has 0 fully saturated rings. The van der Waals surface area contributed by atoms with E-state index in [-0.39, 0.29) is 6.10 Å². The van der Waals surface area contributed by atoms with Gasteiger partial charge in [0.1, 0.15) is 18.0 Å². The van der Waals surface area contributed by atoms with Crippen LogP contribution in [-0.4, -0.2) is 21.0 Å². The third-order valence-corrected chi connectivity index (χ3v) is 3.09. The predicted molar refractivity (Wildman–Crippen MR) is 62.7 cm³/mol. The fraction of sp³-hybridized carbons (Fsp3) is 0.308. The van der Waals surface area contributed by atoms with Crippen LogP contribution in [0, 0.1) is 0 Å². The SMILES string of the molecule is Cn1cc(C(O)C2Cc3ccccc3O2)cn1. The first kappa shape index (κ1) is 10.4. The number of aromatic nitrogens is 2. The molecular formula is C13H14N2O2. The molecule has 0 radical (unpaired) electrons. The van der Waals surface area contributed by atoms with Crippen molar-refractivity contribution in [3.63, 3.8) is 0 Å². The van der Waals surface area contributed by atoms with Gasteiger partial charge in [-0.1, -0.05) is 18.2 Å². The topological polar surface area (TPSA) is 47.3 Å². The van der Waals surface area contributed by atoms with Crippen LogP contribution in [0.1, 0.15) is 17.2 Å². The van der Waals surface area contributed by atoms with Crippen LogP contribution in [0.25, 0.3) is 0 Å². The number of aryl methyl sites for hydroxylation is 1. The number of aliphatic hydroxyl groups excluding tert-OH is 1. The lowest BCUT2D eigenvalue weighted by atomic mass is 10.0. The van der Waals surface area contributed by atoms with Crippen LogP contribution in [0.15, 0.2) is 36.7 Å². The molecule has 0 saturated heterocycles. The molecule has 2 aromatic rings. The van der Waals surface area contributed by atoms with Gasteiger partial charge in [0, 0.05) is 25.2 Å². The maximum absolute atomic E-state index is 10.2. The van der Waals surface area contributed by atoms with E-state index < -0.39 is 6.10 Å². The van der Waals surface area contributed by atoms with Crippen LogP contribution in [0.3, 0.4) is 0 Å². The van der Waals surface area contributed by atoms with Crippen LogP contribution in [0.2, 0.25) is 0 Å².